The van der Waals surface area contributed by atoms with Crippen LogP contribution in [-0.4, -0.2) is 10.8 Å². The lowest BCUT2D eigenvalue weighted by Gasteiger charge is -2.07. The number of benzene rings is 2. The van der Waals surface area contributed by atoms with Gasteiger partial charge in [0.2, 0.25) is 0 Å². The summed E-state index contributed by atoms with van der Waals surface area (Å²) in [5, 5.41) is 25.7. The standard InChI is InChI=1S/C16H10Cl2N4O3/c17-11-1-3-12(4-2-11)20-9-10(8-19)16(23)21-15-7-13(22(24)25)5-6-14(15)18/h1-7,9,20H,(H,21,23)/b10-9-. The Morgan fingerprint density at radius 3 is 2.48 bits per heavy atom. The Labute approximate surface area is 152 Å². The Morgan fingerprint density at radius 2 is 1.88 bits per heavy atom. The molecule has 0 bridgehead atoms. The number of nitro groups is 1. The van der Waals surface area contributed by atoms with Gasteiger partial charge in [-0.25, -0.2) is 0 Å². The molecule has 7 nitrogen and oxygen atoms in total. The molecule has 0 heterocycles. The molecule has 2 rings (SSSR count). The van der Waals surface area contributed by atoms with E-state index in [1.165, 1.54) is 18.3 Å². The highest BCUT2D eigenvalue weighted by Crippen LogP contribution is 2.27. The van der Waals surface area contributed by atoms with Crippen LogP contribution in [0.1, 0.15) is 0 Å². The topological polar surface area (TPSA) is 108 Å². The second-order valence-electron chi connectivity index (χ2n) is 4.70. The lowest BCUT2D eigenvalue weighted by molar-refractivity contribution is -0.384. The number of anilines is 2. The molecule has 0 atom stereocenters. The molecule has 0 saturated heterocycles. The van der Waals surface area contributed by atoms with E-state index in [0.29, 0.717) is 10.7 Å². The molecule has 0 radical (unpaired) electrons. The van der Waals surface area contributed by atoms with Crippen molar-refractivity contribution in [3.05, 3.63) is 74.4 Å². The first-order valence-corrected chi connectivity index (χ1v) is 7.54. The average Bonchev–Trinajstić information content (AvgIpc) is 2.58. The van der Waals surface area contributed by atoms with Gasteiger partial charge in [-0.3, -0.25) is 14.9 Å². The van der Waals surface area contributed by atoms with Gasteiger partial charge in [0.25, 0.3) is 11.6 Å². The van der Waals surface area contributed by atoms with Crippen molar-refractivity contribution >= 4 is 46.2 Å². The van der Waals surface area contributed by atoms with Gasteiger partial charge >= 0.3 is 0 Å². The van der Waals surface area contributed by atoms with E-state index in [-0.39, 0.29) is 22.0 Å². The third kappa shape index (κ3) is 4.94. The second-order valence-corrected chi connectivity index (χ2v) is 5.54. The van der Waals surface area contributed by atoms with Crippen LogP contribution in [0.2, 0.25) is 10.0 Å². The van der Waals surface area contributed by atoms with Gasteiger partial charge in [0.15, 0.2) is 0 Å². The van der Waals surface area contributed by atoms with Crippen molar-refractivity contribution in [3.8, 4) is 6.07 Å². The number of carbonyl (C=O) groups excluding carboxylic acids is 1. The second kappa shape index (κ2) is 8.15. The number of hydrogen-bond donors (Lipinski definition) is 2. The van der Waals surface area contributed by atoms with Gasteiger partial charge in [-0.2, -0.15) is 5.26 Å². The summed E-state index contributed by atoms with van der Waals surface area (Å²) in [7, 11) is 0. The van der Waals surface area contributed by atoms with Crippen molar-refractivity contribution < 1.29 is 9.72 Å². The zero-order valence-corrected chi connectivity index (χ0v) is 14.0. The molecule has 0 unspecified atom stereocenters. The zero-order valence-electron chi connectivity index (χ0n) is 12.5. The molecule has 0 aliphatic carbocycles. The number of halogens is 2. The highest BCUT2D eigenvalue weighted by molar-refractivity contribution is 6.34. The van der Waals surface area contributed by atoms with Crippen LogP contribution < -0.4 is 10.6 Å². The minimum Gasteiger partial charge on any atom is -0.360 e. The van der Waals surface area contributed by atoms with E-state index < -0.39 is 10.8 Å². The van der Waals surface area contributed by atoms with Crippen molar-refractivity contribution in [2.45, 2.75) is 0 Å². The summed E-state index contributed by atoms with van der Waals surface area (Å²) in [5.74, 6) is -0.758. The van der Waals surface area contributed by atoms with Crippen molar-refractivity contribution in [2.75, 3.05) is 10.6 Å². The third-order valence-electron chi connectivity index (χ3n) is 3.00. The first kappa shape index (κ1) is 18.3. The molecule has 2 aromatic carbocycles. The number of nitro benzene ring substituents is 1. The van der Waals surface area contributed by atoms with Gasteiger partial charge in [0.05, 0.1) is 15.6 Å². The maximum absolute atomic E-state index is 12.2. The molecule has 0 saturated carbocycles. The van der Waals surface area contributed by atoms with Crippen LogP contribution in [0.15, 0.2) is 54.2 Å². The van der Waals surface area contributed by atoms with Crippen molar-refractivity contribution in [2.24, 2.45) is 0 Å². The summed E-state index contributed by atoms with van der Waals surface area (Å²) >= 11 is 11.7. The zero-order chi connectivity index (χ0) is 18.4. The molecule has 0 fully saturated rings. The number of non-ortho nitro benzene ring substituents is 1. The van der Waals surface area contributed by atoms with Crippen molar-refractivity contribution in [1.82, 2.24) is 0 Å². The number of rotatable bonds is 5. The first-order valence-electron chi connectivity index (χ1n) is 6.78. The predicted octanol–water partition coefficient (Wildman–Crippen LogP) is 4.36. The van der Waals surface area contributed by atoms with Crippen LogP contribution in [0.5, 0.6) is 0 Å². The number of nitrogens with one attached hydrogen (secondary N) is 2. The lowest BCUT2D eigenvalue weighted by Crippen LogP contribution is -2.15. The van der Waals surface area contributed by atoms with E-state index in [2.05, 4.69) is 10.6 Å². The summed E-state index contributed by atoms with van der Waals surface area (Å²) in [6.45, 7) is 0. The average molecular weight is 377 g/mol. The minimum absolute atomic E-state index is 0.0357. The number of amides is 1. The Balaban J connectivity index is 2.16. The fraction of sp³-hybridized carbons (Fsp3) is 0. The Morgan fingerprint density at radius 1 is 1.20 bits per heavy atom. The monoisotopic (exact) mass is 376 g/mol. The van der Waals surface area contributed by atoms with E-state index in [1.807, 2.05) is 0 Å². The molecule has 126 valence electrons. The smallest absolute Gasteiger partial charge is 0.271 e. The fourth-order valence-electron chi connectivity index (χ4n) is 1.76. The van der Waals surface area contributed by atoms with Crippen LogP contribution in [0.25, 0.3) is 0 Å². The maximum Gasteiger partial charge on any atom is 0.271 e. The molecule has 0 aromatic heterocycles. The van der Waals surface area contributed by atoms with E-state index in [9.17, 15) is 14.9 Å². The quantitative estimate of drug-likeness (QED) is 0.348. The van der Waals surface area contributed by atoms with Crippen LogP contribution >= 0.6 is 23.2 Å². The molecule has 1 amide bonds. The number of nitriles is 1. The fourth-order valence-corrected chi connectivity index (χ4v) is 2.05. The highest BCUT2D eigenvalue weighted by Gasteiger charge is 2.14. The molecule has 0 spiro atoms. The van der Waals surface area contributed by atoms with Crippen LogP contribution in [0, 0.1) is 21.4 Å². The SMILES string of the molecule is N#C/C(=C/Nc1ccc(Cl)cc1)C(=O)Nc1cc([N+](=O)[O-])ccc1Cl. The van der Waals surface area contributed by atoms with Crippen LogP contribution in [-0.2, 0) is 4.79 Å². The van der Waals surface area contributed by atoms with E-state index in [0.717, 1.165) is 6.07 Å². The Hall–Kier alpha value is -3.08. The van der Waals surface area contributed by atoms with Gasteiger partial charge in [0.1, 0.15) is 11.6 Å². The summed E-state index contributed by atoms with van der Waals surface area (Å²) in [5.41, 5.74) is 0.186. The summed E-state index contributed by atoms with van der Waals surface area (Å²) in [6, 6.07) is 12.0. The third-order valence-corrected chi connectivity index (χ3v) is 3.58. The predicted molar refractivity (Wildman–Crippen MR) is 95.5 cm³/mol. The van der Waals surface area contributed by atoms with Gasteiger partial charge in [-0.05, 0) is 30.3 Å². The normalized spacial score (nSPS) is 10.7. The van der Waals surface area contributed by atoms with Crippen LogP contribution in [0.3, 0.4) is 0 Å². The molecular weight excluding hydrogens is 367 g/mol. The molecule has 2 aromatic rings. The molecule has 25 heavy (non-hydrogen) atoms. The van der Waals surface area contributed by atoms with E-state index in [4.69, 9.17) is 28.5 Å². The van der Waals surface area contributed by atoms with Gasteiger partial charge in [0, 0.05) is 29.0 Å². The van der Waals surface area contributed by atoms with Gasteiger partial charge < -0.3 is 10.6 Å². The van der Waals surface area contributed by atoms with Crippen LogP contribution in [0.4, 0.5) is 17.1 Å². The molecular formula is C16H10Cl2N4O3. The van der Waals surface area contributed by atoms with Crippen molar-refractivity contribution in [3.63, 3.8) is 0 Å². The number of carbonyl (C=O) groups is 1. The minimum atomic E-state index is -0.758. The molecule has 0 aliphatic rings. The van der Waals surface area contributed by atoms with E-state index in [1.54, 1.807) is 30.3 Å². The number of nitrogens with zero attached hydrogens (tertiary/aromatic N) is 2. The molecule has 0 aliphatic heterocycles. The first-order chi connectivity index (χ1) is 11.9. The Bertz CT molecular complexity index is 889. The van der Waals surface area contributed by atoms with Gasteiger partial charge in [-0.1, -0.05) is 23.2 Å². The number of hydrogen-bond acceptors (Lipinski definition) is 5. The summed E-state index contributed by atoms with van der Waals surface area (Å²) < 4.78 is 0. The highest BCUT2D eigenvalue weighted by atomic mass is 35.5. The Kier molecular flexibility index (Phi) is 5.95. The molecule has 2 N–H and O–H groups in total. The lowest BCUT2D eigenvalue weighted by atomic mass is 10.2. The molecule has 9 heteroatoms. The summed E-state index contributed by atoms with van der Waals surface area (Å²) in [6.07, 6.45) is 1.21. The van der Waals surface area contributed by atoms with Crippen molar-refractivity contribution in [1.29, 1.82) is 5.26 Å². The summed E-state index contributed by atoms with van der Waals surface area (Å²) in [4.78, 5) is 22.3. The largest absolute Gasteiger partial charge is 0.360 e. The maximum atomic E-state index is 12.2. The van der Waals surface area contributed by atoms with Gasteiger partial charge in [-0.15, -0.1) is 0 Å². The van der Waals surface area contributed by atoms with E-state index >= 15 is 0 Å².